The fraction of sp³-hybridized carbons (Fsp3) is 0.300. The highest BCUT2D eigenvalue weighted by atomic mass is 35.5. The van der Waals surface area contributed by atoms with Crippen molar-refractivity contribution >= 4 is 29.1 Å². The predicted octanol–water partition coefficient (Wildman–Crippen LogP) is 2.65. The second-order valence-electron chi connectivity index (χ2n) is 2.93. The van der Waals surface area contributed by atoms with Gasteiger partial charge in [0.05, 0.1) is 0 Å². The third kappa shape index (κ3) is 2.89. The summed E-state index contributed by atoms with van der Waals surface area (Å²) < 4.78 is 0. The molecule has 0 aromatic heterocycles. The topological polar surface area (TPSA) is 20.3 Å². The summed E-state index contributed by atoms with van der Waals surface area (Å²) in [7, 11) is 1.71. The highest BCUT2D eigenvalue weighted by molar-refractivity contribution is 6.30. The molecule has 76 valence electrons. The molecule has 1 amide bonds. The van der Waals surface area contributed by atoms with Gasteiger partial charge < -0.3 is 4.90 Å². The zero-order chi connectivity index (χ0) is 10.6. The fourth-order valence-corrected chi connectivity index (χ4v) is 1.51. The van der Waals surface area contributed by atoms with Gasteiger partial charge in [0.25, 0.3) is 5.91 Å². The van der Waals surface area contributed by atoms with E-state index in [9.17, 15) is 4.79 Å². The van der Waals surface area contributed by atoms with E-state index in [1.807, 2.05) is 0 Å². The van der Waals surface area contributed by atoms with Gasteiger partial charge in [0.15, 0.2) is 0 Å². The lowest BCUT2D eigenvalue weighted by Crippen LogP contribution is -2.28. The van der Waals surface area contributed by atoms with E-state index in [4.69, 9.17) is 23.2 Å². The molecular formula is C10H11Cl2NO. The number of benzene rings is 1. The fourth-order valence-electron chi connectivity index (χ4n) is 1.07. The first-order valence-corrected chi connectivity index (χ1v) is 5.13. The number of carbonyl (C=O) groups is 1. The molecule has 1 rings (SSSR count). The molecule has 0 unspecified atom stereocenters. The number of hydrogen-bond acceptors (Lipinski definition) is 1. The minimum atomic E-state index is -0.0619. The van der Waals surface area contributed by atoms with Gasteiger partial charge in [-0.25, -0.2) is 0 Å². The molecular weight excluding hydrogens is 221 g/mol. The molecule has 0 saturated carbocycles. The van der Waals surface area contributed by atoms with Crippen molar-refractivity contribution in [1.82, 2.24) is 4.90 Å². The Kier molecular flexibility index (Phi) is 4.23. The van der Waals surface area contributed by atoms with E-state index >= 15 is 0 Å². The third-order valence-electron chi connectivity index (χ3n) is 1.84. The summed E-state index contributed by atoms with van der Waals surface area (Å²) in [6.07, 6.45) is 0. The van der Waals surface area contributed by atoms with Gasteiger partial charge in [0, 0.05) is 30.1 Å². The maximum Gasteiger partial charge on any atom is 0.253 e. The van der Waals surface area contributed by atoms with Gasteiger partial charge in [-0.3, -0.25) is 4.79 Å². The molecule has 0 saturated heterocycles. The van der Waals surface area contributed by atoms with E-state index in [-0.39, 0.29) is 5.91 Å². The van der Waals surface area contributed by atoms with E-state index in [2.05, 4.69) is 0 Å². The molecule has 0 fully saturated rings. The van der Waals surface area contributed by atoms with Crippen molar-refractivity contribution in [2.24, 2.45) is 0 Å². The number of nitrogens with zero attached hydrogens (tertiary/aromatic N) is 1. The van der Waals surface area contributed by atoms with E-state index in [0.717, 1.165) is 0 Å². The van der Waals surface area contributed by atoms with Crippen LogP contribution >= 0.6 is 23.2 Å². The Morgan fingerprint density at radius 3 is 2.79 bits per heavy atom. The zero-order valence-corrected chi connectivity index (χ0v) is 9.35. The van der Waals surface area contributed by atoms with Crippen molar-refractivity contribution in [3.8, 4) is 0 Å². The maximum atomic E-state index is 11.7. The Balaban J connectivity index is 2.78. The van der Waals surface area contributed by atoms with Gasteiger partial charge in [0.1, 0.15) is 0 Å². The lowest BCUT2D eigenvalue weighted by molar-refractivity contribution is 0.0803. The predicted molar refractivity (Wildman–Crippen MR) is 59.1 cm³/mol. The highest BCUT2D eigenvalue weighted by Crippen LogP contribution is 2.12. The average molecular weight is 232 g/mol. The molecule has 0 N–H and O–H groups in total. The van der Waals surface area contributed by atoms with Crippen LogP contribution in [0.25, 0.3) is 0 Å². The highest BCUT2D eigenvalue weighted by Gasteiger charge is 2.10. The standard InChI is InChI=1S/C10H11Cl2NO/c1-13(6-5-11)10(14)8-3-2-4-9(12)7-8/h2-4,7H,5-6H2,1H3. The summed E-state index contributed by atoms with van der Waals surface area (Å²) >= 11 is 11.3. The normalized spacial score (nSPS) is 9.93. The quantitative estimate of drug-likeness (QED) is 0.733. The summed E-state index contributed by atoms with van der Waals surface area (Å²) in [5, 5.41) is 0.565. The molecule has 0 radical (unpaired) electrons. The first-order valence-electron chi connectivity index (χ1n) is 4.22. The molecule has 0 aliphatic rings. The Labute approximate surface area is 93.4 Å². The van der Waals surface area contributed by atoms with Crippen molar-refractivity contribution in [3.05, 3.63) is 34.9 Å². The van der Waals surface area contributed by atoms with Gasteiger partial charge in [0.2, 0.25) is 0 Å². The van der Waals surface area contributed by atoms with E-state index in [1.54, 1.807) is 36.2 Å². The van der Waals surface area contributed by atoms with Crippen LogP contribution in [0, 0.1) is 0 Å². The van der Waals surface area contributed by atoms with Crippen molar-refractivity contribution in [1.29, 1.82) is 0 Å². The summed E-state index contributed by atoms with van der Waals surface area (Å²) in [5.41, 5.74) is 0.588. The van der Waals surface area contributed by atoms with Gasteiger partial charge >= 0.3 is 0 Å². The van der Waals surface area contributed by atoms with Crippen LogP contribution in [-0.2, 0) is 0 Å². The smallest absolute Gasteiger partial charge is 0.253 e. The van der Waals surface area contributed by atoms with Crippen molar-refractivity contribution < 1.29 is 4.79 Å². The number of carbonyl (C=O) groups excluding carboxylic acids is 1. The minimum Gasteiger partial charge on any atom is -0.341 e. The summed E-state index contributed by atoms with van der Waals surface area (Å²) in [5.74, 6) is 0.371. The molecule has 14 heavy (non-hydrogen) atoms. The molecule has 0 aliphatic heterocycles. The Morgan fingerprint density at radius 1 is 1.50 bits per heavy atom. The largest absolute Gasteiger partial charge is 0.341 e. The third-order valence-corrected chi connectivity index (χ3v) is 2.24. The Morgan fingerprint density at radius 2 is 2.21 bits per heavy atom. The lowest BCUT2D eigenvalue weighted by atomic mass is 10.2. The van der Waals surface area contributed by atoms with Crippen LogP contribution in [0.4, 0.5) is 0 Å². The maximum absolute atomic E-state index is 11.7. The summed E-state index contributed by atoms with van der Waals surface area (Å²) in [4.78, 5) is 13.3. The SMILES string of the molecule is CN(CCCl)C(=O)c1cccc(Cl)c1. The van der Waals surface area contributed by atoms with E-state index in [0.29, 0.717) is 23.0 Å². The Hall–Kier alpha value is -0.730. The molecule has 1 aromatic rings. The van der Waals surface area contributed by atoms with Gasteiger partial charge in [-0.05, 0) is 18.2 Å². The number of amides is 1. The van der Waals surface area contributed by atoms with E-state index < -0.39 is 0 Å². The van der Waals surface area contributed by atoms with Crippen LogP contribution in [0.5, 0.6) is 0 Å². The number of halogens is 2. The van der Waals surface area contributed by atoms with Gasteiger partial charge in [-0.15, -0.1) is 11.6 Å². The van der Waals surface area contributed by atoms with Crippen LogP contribution < -0.4 is 0 Å². The molecule has 0 spiro atoms. The summed E-state index contributed by atoms with van der Waals surface area (Å²) in [6.45, 7) is 0.535. The molecule has 0 atom stereocenters. The number of alkyl halides is 1. The van der Waals surface area contributed by atoms with Crippen molar-refractivity contribution in [2.75, 3.05) is 19.5 Å². The molecule has 0 bridgehead atoms. The van der Waals surface area contributed by atoms with Crippen LogP contribution in [0.15, 0.2) is 24.3 Å². The summed E-state index contributed by atoms with van der Waals surface area (Å²) in [6, 6.07) is 6.87. The Bertz CT molecular complexity index is 328. The molecule has 1 aromatic carbocycles. The van der Waals surface area contributed by atoms with E-state index in [1.165, 1.54) is 0 Å². The second-order valence-corrected chi connectivity index (χ2v) is 3.74. The average Bonchev–Trinajstić information content (AvgIpc) is 2.17. The van der Waals surface area contributed by atoms with Gasteiger partial charge in [-0.1, -0.05) is 17.7 Å². The van der Waals surface area contributed by atoms with Crippen LogP contribution in [-0.4, -0.2) is 30.3 Å². The molecule has 2 nitrogen and oxygen atoms in total. The van der Waals surface area contributed by atoms with Crippen LogP contribution in [0.1, 0.15) is 10.4 Å². The zero-order valence-electron chi connectivity index (χ0n) is 7.84. The van der Waals surface area contributed by atoms with Gasteiger partial charge in [-0.2, -0.15) is 0 Å². The second kappa shape index (κ2) is 5.23. The minimum absolute atomic E-state index is 0.0619. The molecule has 0 heterocycles. The van der Waals surface area contributed by atoms with Crippen molar-refractivity contribution in [2.45, 2.75) is 0 Å². The number of hydrogen-bond donors (Lipinski definition) is 0. The van der Waals surface area contributed by atoms with Crippen LogP contribution in [0.2, 0.25) is 5.02 Å². The monoisotopic (exact) mass is 231 g/mol. The molecule has 0 aliphatic carbocycles. The number of rotatable bonds is 3. The van der Waals surface area contributed by atoms with Crippen LogP contribution in [0.3, 0.4) is 0 Å². The first-order chi connectivity index (χ1) is 6.65. The lowest BCUT2D eigenvalue weighted by Gasteiger charge is -2.15. The molecule has 4 heteroatoms. The van der Waals surface area contributed by atoms with Crippen molar-refractivity contribution in [3.63, 3.8) is 0 Å². The first kappa shape index (κ1) is 11.3.